The molecule has 3 fully saturated rings. The Hall–Kier alpha value is -3.11. The van der Waals surface area contributed by atoms with Gasteiger partial charge in [-0.05, 0) is 74.9 Å². The molecule has 2 aromatic carbocycles. The van der Waals surface area contributed by atoms with Gasteiger partial charge < -0.3 is 19.4 Å². The second-order valence-electron chi connectivity index (χ2n) is 11.5. The van der Waals surface area contributed by atoms with E-state index in [-0.39, 0.29) is 34.6 Å². The normalized spacial score (nSPS) is 22.4. The predicted molar refractivity (Wildman–Crippen MR) is 153 cm³/mol. The van der Waals surface area contributed by atoms with E-state index in [1.807, 2.05) is 34.9 Å². The lowest BCUT2D eigenvalue weighted by Crippen LogP contribution is -2.52. The molecule has 2 saturated heterocycles. The first-order chi connectivity index (χ1) is 19.3. The van der Waals surface area contributed by atoms with Crippen LogP contribution in [0.1, 0.15) is 38.2 Å². The van der Waals surface area contributed by atoms with Crippen LogP contribution in [-0.2, 0) is 26.0 Å². The van der Waals surface area contributed by atoms with Crippen LogP contribution in [-0.4, -0.2) is 81.9 Å². The third kappa shape index (κ3) is 5.07. The SMILES string of the molecule is COc1cccc(N2CCN(C(=O)C3CCN(S(=O)(=O)c4ccc5c(c4)CC(C)N5C(=O)C4CC4)CC3)CC2)c1. The van der Waals surface area contributed by atoms with E-state index in [2.05, 4.69) is 11.0 Å². The molecule has 1 aliphatic carbocycles. The molecular weight excluding hydrogens is 528 g/mol. The fraction of sp³-hybridized carbons (Fsp3) is 0.533. The first kappa shape index (κ1) is 27.1. The molecule has 3 heterocycles. The topological polar surface area (TPSA) is 90.5 Å². The molecule has 0 aromatic heterocycles. The molecule has 0 bridgehead atoms. The molecule has 2 amide bonds. The summed E-state index contributed by atoms with van der Waals surface area (Å²) in [5.74, 6) is 1.08. The standard InChI is InChI=1S/C30H38N4O5S/c1-21-18-24-19-27(8-9-28(24)34(21)30(36)22-6-7-22)40(37,38)33-12-10-23(11-13-33)29(35)32-16-14-31(15-17-32)25-4-3-5-26(20-25)39-2/h3-5,8-9,19-23H,6-7,10-18H2,1-2H3. The highest BCUT2D eigenvalue weighted by Gasteiger charge is 2.40. The summed E-state index contributed by atoms with van der Waals surface area (Å²) in [5, 5.41) is 0. The van der Waals surface area contributed by atoms with Gasteiger partial charge in [-0.1, -0.05) is 6.07 Å². The molecule has 6 rings (SSSR count). The highest BCUT2D eigenvalue weighted by molar-refractivity contribution is 7.89. The van der Waals surface area contributed by atoms with E-state index in [0.717, 1.165) is 48.6 Å². The van der Waals surface area contributed by atoms with Gasteiger partial charge in [0.1, 0.15) is 5.75 Å². The number of piperidine rings is 1. The second-order valence-corrected chi connectivity index (χ2v) is 13.5. The number of benzene rings is 2. The van der Waals surface area contributed by atoms with E-state index in [1.54, 1.807) is 25.3 Å². The number of hydrogen-bond donors (Lipinski definition) is 0. The number of amides is 2. The number of hydrogen-bond acceptors (Lipinski definition) is 6. The third-order valence-corrected chi connectivity index (χ3v) is 10.8. The van der Waals surface area contributed by atoms with Crippen molar-refractivity contribution in [2.45, 2.75) is 50.0 Å². The van der Waals surface area contributed by atoms with Crippen molar-refractivity contribution in [1.29, 1.82) is 0 Å². The van der Waals surface area contributed by atoms with Crippen molar-refractivity contribution >= 4 is 33.2 Å². The van der Waals surface area contributed by atoms with Crippen LogP contribution in [0, 0.1) is 11.8 Å². The highest BCUT2D eigenvalue weighted by Crippen LogP contribution is 2.40. The number of piperazine rings is 1. The van der Waals surface area contributed by atoms with Gasteiger partial charge in [-0.15, -0.1) is 0 Å². The number of fused-ring (bicyclic) bond motifs is 1. The number of ether oxygens (including phenoxy) is 1. The monoisotopic (exact) mass is 566 g/mol. The Morgan fingerprint density at radius 3 is 2.23 bits per heavy atom. The number of anilines is 2. The van der Waals surface area contributed by atoms with Crippen molar-refractivity contribution in [3.05, 3.63) is 48.0 Å². The minimum Gasteiger partial charge on any atom is -0.497 e. The predicted octanol–water partition coefficient (Wildman–Crippen LogP) is 3.13. The number of rotatable bonds is 6. The summed E-state index contributed by atoms with van der Waals surface area (Å²) >= 11 is 0. The maximum Gasteiger partial charge on any atom is 0.243 e. The van der Waals surface area contributed by atoms with Crippen LogP contribution < -0.4 is 14.5 Å². The number of carbonyl (C=O) groups is 2. The molecule has 1 atom stereocenters. The summed E-state index contributed by atoms with van der Waals surface area (Å²) in [4.78, 5) is 32.4. The maximum absolute atomic E-state index is 13.5. The minimum absolute atomic E-state index is 0.0419. The first-order valence-electron chi connectivity index (χ1n) is 14.4. The summed E-state index contributed by atoms with van der Waals surface area (Å²) in [6.45, 7) is 5.52. The summed E-state index contributed by atoms with van der Waals surface area (Å²) in [5.41, 5.74) is 2.85. The van der Waals surface area contributed by atoms with Crippen molar-refractivity contribution in [3.8, 4) is 5.75 Å². The van der Waals surface area contributed by atoms with Gasteiger partial charge in [0.2, 0.25) is 21.8 Å². The van der Waals surface area contributed by atoms with Gasteiger partial charge in [0.25, 0.3) is 0 Å². The molecule has 0 spiro atoms. The molecule has 4 aliphatic rings. The Morgan fingerprint density at radius 2 is 1.55 bits per heavy atom. The quantitative estimate of drug-likeness (QED) is 0.534. The van der Waals surface area contributed by atoms with Crippen molar-refractivity contribution < 1.29 is 22.7 Å². The van der Waals surface area contributed by atoms with E-state index in [0.29, 0.717) is 45.4 Å². The first-order valence-corrected chi connectivity index (χ1v) is 15.8. The molecule has 9 nitrogen and oxygen atoms in total. The molecule has 0 radical (unpaired) electrons. The van der Waals surface area contributed by atoms with Crippen molar-refractivity contribution in [2.24, 2.45) is 11.8 Å². The average molecular weight is 567 g/mol. The maximum atomic E-state index is 13.5. The Kier molecular flexibility index (Phi) is 7.25. The van der Waals surface area contributed by atoms with Gasteiger partial charge in [0.05, 0.1) is 12.0 Å². The molecular formula is C30H38N4O5S. The fourth-order valence-corrected chi connectivity index (χ4v) is 7.89. The van der Waals surface area contributed by atoms with Gasteiger partial charge in [-0.25, -0.2) is 8.42 Å². The zero-order valence-corrected chi connectivity index (χ0v) is 24.1. The lowest BCUT2D eigenvalue weighted by Gasteiger charge is -2.39. The average Bonchev–Trinajstić information content (AvgIpc) is 3.78. The van der Waals surface area contributed by atoms with E-state index in [4.69, 9.17) is 4.74 Å². The van der Waals surface area contributed by atoms with Gasteiger partial charge in [0, 0.05) is 74.6 Å². The molecule has 40 heavy (non-hydrogen) atoms. The Morgan fingerprint density at radius 1 is 0.850 bits per heavy atom. The molecule has 1 saturated carbocycles. The zero-order valence-electron chi connectivity index (χ0n) is 23.3. The third-order valence-electron chi connectivity index (χ3n) is 8.88. The van der Waals surface area contributed by atoms with Crippen LogP contribution >= 0.6 is 0 Å². The van der Waals surface area contributed by atoms with Crippen molar-refractivity contribution in [1.82, 2.24) is 9.21 Å². The largest absolute Gasteiger partial charge is 0.497 e. The van der Waals surface area contributed by atoms with Crippen LogP contribution in [0.15, 0.2) is 47.4 Å². The van der Waals surface area contributed by atoms with Crippen molar-refractivity contribution in [3.63, 3.8) is 0 Å². The van der Waals surface area contributed by atoms with Crippen LogP contribution in [0.25, 0.3) is 0 Å². The van der Waals surface area contributed by atoms with Gasteiger partial charge in [-0.3, -0.25) is 9.59 Å². The van der Waals surface area contributed by atoms with Gasteiger partial charge >= 0.3 is 0 Å². The smallest absolute Gasteiger partial charge is 0.243 e. The highest BCUT2D eigenvalue weighted by atomic mass is 32.2. The summed E-state index contributed by atoms with van der Waals surface area (Å²) in [6, 6.07) is 13.2. The Balaban J connectivity index is 1.05. The summed E-state index contributed by atoms with van der Waals surface area (Å²) in [6.07, 6.45) is 3.61. The van der Waals surface area contributed by atoms with Crippen LogP contribution in [0.3, 0.4) is 0 Å². The van der Waals surface area contributed by atoms with Gasteiger partial charge in [0.15, 0.2) is 0 Å². The summed E-state index contributed by atoms with van der Waals surface area (Å²) < 4.78 is 33.9. The van der Waals surface area contributed by atoms with E-state index in [1.165, 1.54) is 4.31 Å². The lowest BCUT2D eigenvalue weighted by atomic mass is 9.96. The summed E-state index contributed by atoms with van der Waals surface area (Å²) in [7, 11) is -2.01. The lowest BCUT2D eigenvalue weighted by molar-refractivity contribution is -0.137. The number of methoxy groups -OCH3 is 1. The molecule has 3 aliphatic heterocycles. The van der Waals surface area contributed by atoms with E-state index in [9.17, 15) is 18.0 Å². The van der Waals surface area contributed by atoms with Crippen LogP contribution in [0.5, 0.6) is 5.75 Å². The zero-order chi connectivity index (χ0) is 28.0. The molecule has 10 heteroatoms. The number of carbonyl (C=O) groups excluding carboxylic acids is 2. The molecule has 2 aromatic rings. The Bertz CT molecular complexity index is 1390. The van der Waals surface area contributed by atoms with Crippen molar-refractivity contribution in [2.75, 3.05) is 56.2 Å². The molecule has 214 valence electrons. The number of nitrogens with zero attached hydrogens (tertiary/aromatic N) is 4. The molecule has 0 N–H and O–H groups in total. The molecule has 1 unspecified atom stereocenters. The fourth-order valence-electron chi connectivity index (χ4n) is 6.37. The van der Waals surface area contributed by atoms with Crippen LogP contribution in [0.4, 0.5) is 11.4 Å². The number of sulfonamides is 1. The second kappa shape index (κ2) is 10.7. The van der Waals surface area contributed by atoms with E-state index < -0.39 is 10.0 Å². The van der Waals surface area contributed by atoms with E-state index >= 15 is 0 Å². The van der Waals surface area contributed by atoms with Gasteiger partial charge in [-0.2, -0.15) is 4.31 Å². The Labute approximate surface area is 236 Å². The minimum atomic E-state index is -3.67. The van der Waals surface area contributed by atoms with Crippen LogP contribution in [0.2, 0.25) is 0 Å².